The van der Waals surface area contributed by atoms with Gasteiger partial charge in [-0.3, -0.25) is 33.5 Å². The van der Waals surface area contributed by atoms with E-state index in [9.17, 15) is 28.8 Å². The standard InChI is InChI=1S/C26H24ClN5O9/c1-13(33)39-20(24(36)29-17-6-3-15(4-7-17)22-30-26(38)41-31-22)21(40-14(2)34)25(37)32(10-9-27)18-8-5-16-12-28-23(35)19(16)11-18/h3-8,11,20-21H,9-10,12H2,1-2H3,(H,28,35)(H,29,36)(H,30,31,38)/t20-,21-/m1/s1. The molecule has 1 aromatic heterocycles. The number of hydrogen-bond donors (Lipinski definition) is 3. The highest BCUT2D eigenvalue weighted by atomic mass is 35.5. The first-order valence-electron chi connectivity index (χ1n) is 12.2. The molecule has 2 heterocycles. The fourth-order valence-corrected chi connectivity index (χ4v) is 4.27. The molecule has 1 aliphatic heterocycles. The van der Waals surface area contributed by atoms with Gasteiger partial charge in [0.2, 0.25) is 12.2 Å². The van der Waals surface area contributed by atoms with Crippen LogP contribution in [-0.2, 0) is 35.2 Å². The third-order valence-electron chi connectivity index (χ3n) is 5.89. The van der Waals surface area contributed by atoms with Crippen molar-refractivity contribution in [3.05, 3.63) is 64.1 Å². The van der Waals surface area contributed by atoms with Crippen molar-refractivity contribution in [3.63, 3.8) is 0 Å². The van der Waals surface area contributed by atoms with Gasteiger partial charge in [0.1, 0.15) is 0 Å². The number of nitrogens with zero attached hydrogens (tertiary/aromatic N) is 2. The van der Waals surface area contributed by atoms with E-state index in [1.54, 1.807) is 12.1 Å². The lowest BCUT2D eigenvalue weighted by Crippen LogP contribution is -2.53. The third kappa shape index (κ3) is 6.78. The van der Waals surface area contributed by atoms with Crippen molar-refractivity contribution in [3.8, 4) is 11.4 Å². The highest BCUT2D eigenvalue weighted by molar-refractivity contribution is 6.18. The van der Waals surface area contributed by atoms with Crippen LogP contribution in [0.25, 0.3) is 11.4 Å². The second-order valence-electron chi connectivity index (χ2n) is 8.77. The summed E-state index contributed by atoms with van der Waals surface area (Å²) in [5, 5.41) is 8.78. The van der Waals surface area contributed by atoms with Crippen molar-refractivity contribution < 1.29 is 38.0 Å². The Balaban J connectivity index is 1.63. The summed E-state index contributed by atoms with van der Waals surface area (Å²) in [5.41, 5.74) is 2.03. The van der Waals surface area contributed by atoms with Crippen molar-refractivity contribution >= 4 is 52.6 Å². The molecule has 14 nitrogen and oxygen atoms in total. The minimum absolute atomic E-state index is 0.0463. The number of fused-ring (bicyclic) bond motifs is 1. The molecule has 2 atom stereocenters. The molecule has 0 saturated heterocycles. The SMILES string of the molecule is CC(=O)O[C@@H](C(=O)Nc1ccc(-c2noc(=O)[nH]2)cc1)[C@@H](OC(C)=O)C(=O)N(CCCl)c1ccc2c(c1)C(=O)NC2. The Hall–Kier alpha value is -4.98. The van der Waals surface area contributed by atoms with Crippen LogP contribution >= 0.6 is 11.6 Å². The minimum Gasteiger partial charge on any atom is -0.448 e. The van der Waals surface area contributed by atoms with Gasteiger partial charge in [0, 0.05) is 55.3 Å². The molecule has 0 aliphatic carbocycles. The third-order valence-corrected chi connectivity index (χ3v) is 6.06. The number of nitrogens with one attached hydrogen (secondary N) is 3. The van der Waals surface area contributed by atoms with E-state index in [-0.39, 0.29) is 35.5 Å². The fraction of sp³-hybridized carbons (Fsp3) is 0.269. The number of ether oxygens (including phenoxy) is 2. The van der Waals surface area contributed by atoms with Crippen LogP contribution in [0.2, 0.25) is 0 Å². The molecule has 0 spiro atoms. The predicted molar refractivity (Wildman–Crippen MR) is 143 cm³/mol. The van der Waals surface area contributed by atoms with E-state index in [1.807, 2.05) is 0 Å². The van der Waals surface area contributed by atoms with Gasteiger partial charge in [0.05, 0.1) is 0 Å². The first kappa shape index (κ1) is 29.0. The number of carbonyl (C=O) groups is 5. The van der Waals surface area contributed by atoms with Crippen LogP contribution in [0.15, 0.2) is 51.8 Å². The van der Waals surface area contributed by atoms with Crippen molar-refractivity contribution in [2.45, 2.75) is 32.6 Å². The highest BCUT2D eigenvalue weighted by Crippen LogP contribution is 2.25. The van der Waals surface area contributed by atoms with Gasteiger partial charge in [-0.1, -0.05) is 11.2 Å². The zero-order chi connectivity index (χ0) is 29.7. The Bertz CT molecular complexity index is 1550. The Morgan fingerprint density at radius 2 is 1.73 bits per heavy atom. The van der Waals surface area contributed by atoms with Crippen LogP contribution in [0.1, 0.15) is 29.8 Å². The molecule has 0 fully saturated rings. The fourth-order valence-electron chi connectivity index (χ4n) is 4.10. The maximum atomic E-state index is 13.8. The molecular formula is C26H24ClN5O9. The van der Waals surface area contributed by atoms with Gasteiger partial charge < -0.3 is 25.0 Å². The summed E-state index contributed by atoms with van der Waals surface area (Å²) in [6, 6.07) is 10.7. The van der Waals surface area contributed by atoms with E-state index in [4.69, 9.17) is 21.1 Å². The molecule has 41 heavy (non-hydrogen) atoms. The predicted octanol–water partition coefficient (Wildman–Crippen LogP) is 1.35. The Labute approximate surface area is 236 Å². The van der Waals surface area contributed by atoms with Crippen LogP contribution in [0.3, 0.4) is 0 Å². The van der Waals surface area contributed by atoms with E-state index in [0.29, 0.717) is 17.7 Å². The molecule has 3 amide bonds. The number of anilines is 2. The van der Waals surface area contributed by atoms with Crippen molar-refractivity contribution in [1.82, 2.24) is 15.5 Å². The van der Waals surface area contributed by atoms with Crippen molar-refractivity contribution in [1.29, 1.82) is 0 Å². The lowest BCUT2D eigenvalue weighted by molar-refractivity contribution is -0.172. The van der Waals surface area contributed by atoms with Crippen LogP contribution in [0.4, 0.5) is 11.4 Å². The van der Waals surface area contributed by atoms with E-state index in [0.717, 1.165) is 24.3 Å². The summed E-state index contributed by atoms with van der Waals surface area (Å²) in [6.45, 7) is 2.30. The van der Waals surface area contributed by atoms with Crippen LogP contribution in [0, 0.1) is 0 Å². The highest BCUT2D eigenvalue weighted by Gasteiger charge is 2.42. The smallest absolute Gasteiger partial charge is 0.439 e. The van der Waals surface area contributed by atoms with E-state index >= 15 is 0 Å². The number of rotatable bonds is 10. The summed E-state index contributed by atoms with van der Waals surface area (Å²) in [4.78, 5) is 78.1. The number of alkyl halides is 1. The number of esters is 2. The Kier molecular flexibility index (Phi) is 8.82. The average Bonchev–Trinajstić information content (AvgIpc) is 3.54. The van der Waals surface area contributed by atoms with Crippen molar-refractivity contribution in [2.75, 3.05) is 22.6 Å². The van der Waals surface area contributed by atoms with Gasteiger partial charge in [0.15, 0.2) is 5.82 Å². The number of carbonyl (C=O) groups excluding carboxylic acids is 5. The maximum absolute atomic E-state index is 13.8. The van der Waals surface area contributed by atoms with Gasteiger partial charge in [-0.25, -0.2) is 4.79 Å². The van der Waals surface area contributed by atoms with E-state index < -0.39 is 41.7 Å². The number of amides is 3. The van der Waals surface area contributed by atoms with Gasteiger partial charge >= 0.3 is 17.7 Å². The molecule has 0 radical (unpaired) electrons. The number of aromatic nitrogens is 2. The molecular weight excluding hydrogens is 562 g/mol. The summed E-state index contributed by atoms with van der Waals surface area (Å²) in [5.74, 6) is -4.67. The zero-order valence-corrected chi connectivity index (χ0v) is 22.5. The number of halogens is 1. The summed E-state index contributed by atoms with van der Waals surface area (Å²) in [7, 11) is 0. The van der Waals surface area contributed by atoms with Gasteiger partial charge in [-0.2, -0.15) is 0 Å². The number of aromatic amines is 1. The number of benzene rings is 2. The molecule has 0 bridgehead atoms. The quantitative estimate of drug-likeness (QED) is 0.231. The minimum atomic E-state index is -1.90. The van der Waals surface area contributed by atoms with Crippen LogP contribution < -0.4 is 21.3 Å². The summed E-state index contributed by atoms with van der Waals surface area (Å²) >= 11 is 5.96. The molecule has 1 aliphatic rings. The van der Waals surface area contributed by atoms with Crippen molar-refractivity contribution in [2.24, 2.45) is 0 Å². The molecule has 4 rings (SSSR count). The van der Waals surface area contributed by atoms with Gasteiger partial charge in [-0.15, -0.1) is 11.6 Å². The summed E-state index contributed by atoms with van der Waals surface area (Å²) in [6.07, 6.45) is -3.80. The lowest BCUT2D eigenvalue weighted by atomic mass is 10.1. The zero-order valence-electron chi connectivity index (χ0n) is 21.8. The van der Waals surface area contributed by atoms with E-state index in [1.165, 1.54) is 30.3 Å². The average molecular weight is 586 g/mol. The first-order chi connectivity index (χ1) is 19.6. The summed E-state index contributed by atoms with van der Waals surface area (Å²) < 4.78 is 14.9. The second kappa shape index (κ2) is 12.5. The van der Waals surface area contributed by atoms with Crippen LogP contribution in [-0.4, -0.2) is 64.4 Å². The molecule has 0 saturated carbocycles. The Morgan fingerprint density at radius 1 is 1.05 bits per heavy atom. The molecule has 0 unspecified atom stereocenters. The van der Waals surface area contributed by atoms with Gasteiger partial charge in [0.25, 0.3) is 17.7 Å². The van der Waals surface area contributed by atoms with Gasteiger partial charge in [-0.05, 0) is 42.0 Å². The molecule has 3 aromatic rings. The monoisotopic (exact) mass is 585 g/mol. The molecule has 214 valence electrons. The topological polar surface area (TPSA) is 190 Å². The molecule has 3 N–H and O–H groups in total. The Morgan fingerprint density at radius 3 is 2.34 bits per heavy atom. The number of H-pyrrole nitrogens is 1. The van der Waals surface area contributed by atoms with E-state index in [2.05, 4.69) is 25.3 Å². The molecule has 2 aromatic carbocycles. The number of hydrogen-bond acceptors (Lipinski definition) is 10. The second-order valence-corrected chi connectivity index (χ2v) is 9.15. The normalized spacial score (nSPS) is 13.4. The maximum Gasteiger partial charge on any atom is 0.439 e. The van der Waals surface area contributed by atoms with Crippen LogP contribution in [0.5, 0.6) is 0 Å². The molecule has 15 heteroatoms. The largest absolute Gasteiger partial charge is 0.448 e. The first-order valence-corrected chi connectivity index (χ1v) is 12.7. The lowest BCUT2D eigenvalue weighted by Gasteiger charge is -2.30.